The van der Waals surface area contributed by atoms with Crippen molar-refractivity contribution in [3.63, 3.8) is 0 Å². The van der Waals surface area contributed by atoms with Crippen LogP contribution in [0.25, 0.3) is 0 Å². The third kappa shape index (κ3) is 5.76. The third-order valence-electron chi connectivity index (χ3n) is 4.73. The van der Waals surface area contributed by atoms with Crippen LogP contribution in [-0.4, -0.2) is 54.9 Å². The molecular formula is C20H30N2O3. The maximum Gasteiger partial charge on any atom is 0.254 e. The molecule has 2 amide bonds. The Morgan fingerprint density at radius 1 is 1.00 bits per heavy atom. The van der Waals surface area contributed by atoms with E-state index in [9.17, 15) is 9.59 Å². The largest absolute Gasteiger partial charge is 0.497 e. The van der Waals surface area contributed by atoms with Crippen molar-refractivity contribution in [1.82, 2.24) is 9.80 Å². The minimum atomic E-state index is 0.00515. The summed E-state index contributed by atoms with van der Waals surface area (Å²) in [6.45, 7) is 4.64. The van der Waals surface area contributed by atoms with Gasteiger partial charge in [-0.15, -0.1) is 0 Å². The topological polar surface area (TPSA) is 49.9 Å². The quantitative estimate of drug-likeness (QED) is 0.678. The van der Waals surface area contributed by atoms with Gasteiger partial charge in [0.05, 0.1) is 7.11 Å². The van der Waals surface area contributed by atoms with E-state index < -0.39 is 0 Å². The molecule has 138 valence electrons. The van der Waals surface area contributed by atoms with Crippen LogP contribution in [0.1, 0.15) is 55.8 Å². The Morgan fingerprint density at radius 2 is 1.68 bits per heavy atom. The lowest BCUT2D eigenvalue weighted by Gasteiger charge is -2.35. The molecule has 0 N–H and O–H groups in total. The number of amides is 2. The molecule has 1 fully saturated rings. The van der Waals surface area contributed by atoms with E-state index >= 15 is 0 Å². The van der Waals surface area contributed by atoms with Crippen LogP contribution >= 0.6 is 0 Å². The Kier molecular flexibility index (Phi) is 7.76. The van der Waals surface area contributed by atoms with Crippen molar-refractivity contribution in [1.29, 1.82) is 0 Å². The Hall–Kier alpha value is -2.04. The summed E-state index contributed by atoms with van der Waals surface area (Å²) in [6, 6.07) is 7.22. The van der Waals surface area contributed by atoms with E-state index in [4.69, 9.17) is 4.74 Å². The Morgan fingerprint density at radius 3 is 2.36 bits per heavy atom. The highest BCUT2D eigenvalue weighted by molar-refractivity contribution is 5.94. The van der Waals surface area contributed by atoms with Crippen LogP contribution in [0.15, 0.2) is 24.3 Å². The molecule has 1 aliphatic rings. The molecule has 25 heavy (non-hydrogen) atoms. The number of ether oxygens (including phenoxy) is 1. The minimum Gasteiger partial charge on any atom is -0.497 e. The Balaban J connectivity index is 1.76. The monoisotopic (exact) mass is 346 g/mol. The molecule has 0 spiro atoms. The van der Waals surface area contributed by atoms with Crippen LogP contribution in [0.2, 0.25) is 0 Å². The molecule has 0 unspecified atom stereocenters. The van der Waals surface area contributed by atoms with E-state index in [0.29, 0.717) is 43.9 Å². The van der Waals surface area contributed by atoms with Gasteiger partial charge in [-0.2, -0.15) is 0 Å². The van der Waals surface area contributed by atoms with E-state index in [-0.39, 0.29) is 11.8 Å². The van der Waals surface area contributed by atoms with Crippen molar-refractivity contribution in [2.75, 3.05) is 33.3 Å². The summed E-state index contributed by atoms with van der Waals surface area (Å²) in [7, 11) is 1.59. The molecular weight excluding hydrogens is 316 g/mol. The van der Waals surface area contributed by atoms with Crippen molar-refractivity contribution >= 4 is 11.8 Å². The molecule has 0 aromatic heterocycles. The van der Waals surface area contributed by atoms with Gasteiger partial charge in [-0.1, -0.05) is 38.7 Å². The number of hydrogen-bond acceptors (Lipinski definition) is 3. The third-order valence-corrected chi connectivity index (χ3v) is 4.73. The average molecular weight is 346 g/mol. The number of benzene rings is 1. The van der Waals surface area contributed by atoms with Crippen LogP contribution < -0.4 is 4.74 Å². The highest BCUT2D eigenvalue weighted by atomic mass is 16.5. The summed E-state index contributed by atoms with van der Waals surface area (Å²) in [5.41, 5.74) is 0.634. The number of methoxy groups -OCH3 is 1. The van der Waals surface area contributed by atoms with E-state index in [1.807, 2.05) is 21.9 Å². The second-order valence-corrected chi connectivity index (χ2v) is 6.57. The number of rotatable bonds is 8. The first-order valence-electron chi connectivity index (χ1n) is 9.36. The van der Waals surface area contributed by atoms with Crippen molar-refractivity contribution in [2.24, 2.45) is 0 Å². The van der Waals surface area contributed by atoms with Crippen molar-refractivity contribution in [3.8, 4) is 5.75 Å². The summed E-state index contributed by atoms with van der Waals surface area (Å²) in [5.74, 6) is 0.915. The molecule has 5 nitrogen and oxygen atoms in total. The summed E-state index contributed by atoms with van der Waals surface area (Å²) in [5, 5.41) is 0. The number of carbonyl (C=O) groups excluding carboxylic acids is 2. The van der Waals surface area contributed by atoms with Gasteiger partial charge in [-0.3, -0.25) is 9.59 Å². The van der Waals surface area contributed by atoms with Gasteiger partial charge >= 0.3 is 0 Å². The average Bonchev–Trinajstić information content (AvgIpc) is 2.67. The predicted octanol–water partition coefficient (Wildman–Crippen LogP) is 3.34. The van der Waals surface area contributed by atoms with Gasteiger partial charge in [0.15, 0.2) is 0 Å². The first-order chi connectivity index (χ1) is 12.2. The van der Waals surface area contributed by atoms with Crippen LogP contribution in [-0.2, 0) is 4.79 Å². The molecule has 0 saturated carbocycles. The lowest BCUT2D eigenvalue weighted by molar-refractivity contribution is -0.132. The van der Waals surface area contributed by atoms with E-state index in [1.54, 1.807) is 19.2 Å². The fourth-order valence-corrected chi connectivity index (χ4v) is 3.14. The van der Waals surface area contributed by atoms with Gasteiger partial charge < -0.3 is 14.5 Å². The molecule has 1 aromatic carbocycles. The molecule has 1 saturated heterocycles. The molecule has 0 aliphatic carbocycles. The zero-order valence-corrected chi connectivity index (χ0v) is 15.5. The van der Waals surface area contributed by atoms with Crippen molar-refractivity contribution in [3.05, 3.63) is 29.8 Å². The van der Waals surface area contributed by atoms with E-state index in [0.717, 1.165) is 12.8 Å². The number of carbonyl (C=O) groups is 2. The van der Waals surface area contributed by atoms with Gasteiger partial charge in [0.1, 0.15) is 5.75 Å². The van der Waals surface area contributed by atoms with Crippen LogP contribution in [0, 0.1) is 0 Å². The molecule has 1 aromatic rings. The van der Waals surface area contributed by atoms with E-state index in [1.165, 1.54) is 19.3 Å². The maximum absolute atomic E-state index is 12.6. The highest BCUT2D eigenvalue weighted by Gasteiger charge is 2.24. The van der Waals surface area contributed by atoms with Gasteiger partial charge in [-0.05, 0) is 24.6 Å². The number of unbranched alkanes of at least 4 members (excludes halogenated alkanes) is 4. The molecule has 2 rings (SSSR count). The molecule has 1 aliphatic heterocycles. The minimum absolute atomic E-state index is 0.00515. The summed E-state index contributed by atoms with van der Waals surface area (Å²) in [6.07, 6.45) is 6.42. The van der Waals surface area contributed by atoms with Gasteiger partial charge in [0.25, 0.3) is 5.91 Å². The van der Waals surface area contributed by atoms with Crippen molar-refractivity contribution in [2.45, 2.75) is 45.4 Å². The molecule has 0 bridgehead atoms. The Bertz CT molecular complexity index is 566. The number of hydrogen-bond donors (Lipinski definition) is 0. The standard InChI is InChI=1S/C20H30N2O3/c1-3-4-5-6-7-11-19(23)21-12-14-22(15-13-21)20(24)17-9-8-10-18(16-17)25-2/h8-10,16H,3-7,11-15H2,1-2H3. The number of piperazine rings is 1. The maximum atomic E-state index is 12.6. The zero-order valence-electron chi connectivity index (χ0n) is 15.5. The SMILES string of the molecule is CCCCCCCC(=O)N1CCN(C(=O)c2cccc(OC)c2)CC1. The van der Waals surface area contributed by atoms with Crippen molar-refractivity contribution < 1.29 is 14.3 Å². The Labute approximate surface area is 150 Å². The first kappa shape index (κ1) is 19.3. The van der Waals surface area contributed by atoms with Crippen LogP contribution in [0.3, 0.4) is 0 Å². The smallest absolute Gasteiger partial charge is 0.254 e. The molecule has 0 atom stereocenters. The fourth-order valence-electron chi connectivity index (χ4n) is 3.14. The predicted molar refractivity (Wildman–Crippen MR) is 98.9 cm³/mol. The summed E-state index contributed by atoms with van der Waals surface area (Å²) in [4.78, 5) is 28.6. The molecule has 1 heterocycles. The lowest BCUT2D eigenvalue weighted by Crippen LogP contribution is -2.50. The first-order valence-corrected chi connectivity index (χ1v) is 9.36. The highest BCUT2D eigenvalue weighted by Crippen LogP contribution is 2.16. The van der Waals surface area contributed by atoms with Gasteiger partial charge in [-0.25, -0.2) is 0 Å². The van der Waals surface area contributed by atoms with E-state index in [2.05, 4.69) is 6.92 Å². The van der Waals surface area contributed by atoms with Gasteiger partial charge in [0, 0.05) is 38.2 Å². The number of nitrogens with zero attached hydrogens (tertiary/aromatic N) is 2. The summed E-state index contributed by atoms with van der Waals surface area (Å²) < 4.78 is 5.18. The summed E-state index contributed by atoms with van der Waals surface area (Å²) >= 11 is 0. The second-order valence-electron chi connectivity index (χ2n) is 6.57. The van der Waals surface area contributed by atoms with Gasteiger partial charge in [0.2, 0.25) is 5.91 Å². The lowest BCUT2D eigenvalue weighted by atomic mass is 10.1. The fraction of sp³-hybridized carbons (Fsp3) is 0.600. The zero-order chi connectivity index (χ0) is 18.1. The van der Waals surface area contributed by atoms with Crippen LogP contribution in [0.5, 0.6) is 5.75 Å². The van der Waals surface area contributed by atoms with Crippen LogP contribution in [0.4, 0.5) is 0 Å². The molecule has 0 radical (unpaired) electrons. The normalized spacial score (nSPS) is 14.5. The second kappa shape index (κ2) is 10.1. The molecule has 5 heteroatoms.